The number of piperidine rings is 1. The zero-order valence-electron chi connectivity index (χ0n) is 22.2. The van der Waals surface area contributed by atoms with Gasteiger partial charge in [-0.25, -0.2) is 9.97 Å². The Labute approximate surface area is 220 Å². The number of nitrogens with one attached hydrogen (secondary N) is 1. The number of likely N-dealkylation sites (tertiary alicyclic amines) is 1. The molecule has 196 valence electrons. The molecule has 0 spiro atoms. The molecule has 0 unspecified atom stereocenters. The van der Waals surface area contributed by atoms with Crippen LogP contribution in [0.3, 0.4) is 0 Å². The molecule has 1 amide bonds. The second-order valence-electron chi connectivity index (χ2n) is 10.6. The standard InChI is InChI=1S/C27H40ClN7O/c1-6-30-26(36)22-24(29)32-25(23(28)31-22)33-15-16-35(19(3)17-33)21-11-13-34(14-12-21)27(4,5)20-9-7-18(2)8-10-20/h7-10,19,21H,6,11-17H2,1-5H3,(H2,29,32)(H,30,36)/t19-/m0/s1. The van der Waals surface area contributed by atoms with E-state index < -0.39 is 0 Å². The van der Waals surface area contributed by atoms with Gasteiger partial charge in [0.25, 0.3) is 5.91 Å². The lowest BCUT2D eigenvalue weighted by Crippen LogP contribution is -2.58. The molecule has 2 saturated heterocycles. The smallest absolute Gasteiger partial charge is 0.273 e. The number of aryl methyl sites for hydroxylation is 1. The topological polar surface area (TPSA) is 90.6 Å². The molecule has 36 heavy (non-hydrogen) atoms. The van der Waals surface area contributed by atoms with Gasteiger partial charge >= 0.3 is 0 Å². The molecule has 0 aliphatic carbocycles. The molecule has 1 aromatic carbocycles. The number of amides is 1. The normalized spacial score (nSPS) is 20.5. The molecule has 0 radical (unpaired) electrons. The summed E-state index contributed by atoms with van der Waals surface area (Å²) < 4.78 is 0. The number of aromatic nitrogens is 2. The van der Waals surface area contributed by atoms with Crippen molar-refractivity contribution in [1.29, 1.82) is 0 Å². The summed E-state index contributed by atoms with van der Waals surface area (Å²) >= 11 is 6.46. The van der Waals surface area contributed by atoms with Crippen molar-refractivity contribution in [2.24, 2.45) is 0 Å². The van der Waals surface area contributed by atoms with Gasteiger partial charge in [-0.2, -0.15) is 0 Å². The predicted molar refractivity (Wildman–Crippen MR) is 147 cm³/mol. The van der Waals surface area contributed by atoms with Gasteiger partial charge in [-0.15, -0.1) is 0 Å². The summed E-state index contributed by atoms with van der Waals surface area (Å²) in [4.78, 5) is 28.3. The van der Waals surface area contributed by atoms with Gasteiger partial charge in [0, 0.05) is 56.9 Å². The monoisotopic (exact) mass is 513 g/mol. The second kappa shape index (κ2) is 10.9. The first-order valence-electron chi connectivity index (χ1n) is 13.1. The number of carbonyl (C=O) groups is 1. The summed E-state index contributed by atoms with van der Waals surface area (Å²) in [6.07, 6.45) is 2.32. The maximum atomic E-state index is 12.2. The molecular weight excluding hydrogens is 474 g/mol. The van der Waals surface area contributed by atoms with Gasteiger partial charge in [0.05, 0.1) is 0 Å². The number of rotatable bonds is 6. The van der Waals surface area contributed by atoms with Crippen molar-refractivity contribution in [2.45, 2.75) is 65.1 Å². The molecule has 3 N–H and O–H groups in total. The van der Waals surface area contributed by atoms with Crippen LogP contribution in [0.2, 0.25) is 5.15 Å². The van der Waals surface area contributed by atoms with Crippen LogP contribution in [0, 0.1) is 6.92 Å². The van der Waals surface area contributed by atoms with E-state index >= 15 is 0 Å². The fourth-order valence-corrected chi connectivity index (χ4v) is 5.88. The summed E-state index contributed by atoms with van der Waals surface area (Å²) in [5, 5.41) is 2.92. The molecule has 0 bridgehead atoms. The average molecular weight is 514 g/mol. The van der Waals surface area contributed by atoms with Gasteiger partial charge in [0.2, 0.25) is 0 Å². The first-order chi connectivity index (χ1) is 17.1. The van der Waals surface area contributed by atoms with Crippen LogP contribution in [0.5, 0.6) is 0 Å². The molecule has 4 rings (SSSR count). The number of hydrogen-bond donors (Lipinski definition) is 2. The summed E-state index contributed by atoms with van der Waals surface area (Å²) in [7, 11) is 0. The lowest BCUT2D eigenvalue weighted by molar-refractivity contribution is 0.0290. The number of carbonyl (C=O) groups excluding carboxylic acids is 1. The number of nitrogen functional groups attached to an aromatic ring is 1. The van der Waals surface area contributed by atoms with E-state index in [2.05, 4.69) is 81.9 Å². The van der Waals surface area contributed by atoms with Crippen molar-refractivity contribution in [2.75, 3.05) is 49.9 Å². The van der Waals surface area contributed by atoms with E-state index in [0.717, 1.165) is 45.6 Å². The van der Waals surface area contributed by atoms with Crippen LogP contribution in [-0.4, -0.2) is 77.0 Å². The minimum atomic E-state index is -0.356. The van der Waals surface area contributed by atoms with Crippen LogP contribution in [0.25, 0.3) is 0 Å². The van der Waals surface area contributed by atoms with E-state index in [-0.39, 0.29) is 28.1 Å². The zero-order valence-corrected chi connectivity index (χ0v) is 23.0. The number of halogens is 1. The predicted octanol–water partition coefficient (Wildman–Crippen LogP) is 3.68. The largest absolute Gasteiger partial charge is 0.382 e. The first-order valence-corrected chi connectivity index (χ1v) is 13.4. The lowest BCUT2D eigenvalue weighted by Gasteiger charge is -2.49. The highest BCUT2D eigenvalue weighted by molar-refractivity contribution is 6.32. The number of benzene rings is 1. The molecule has 1 atom stereocenters. The number of piperazine rings is 1. The minimum Gasteiger partial charge on any atom is -0.382 e. The van der Waals surface area contributed by atoms with E-state index in [4.69, 9.17) is 17.3 Å². The Hall–Kier alpha value is -2.42. The third-order valence-corrected chi connectivity index (χ3v) is 8.13. The Kier molecular flexibility index (Phi) is 8.07. The van der Waals surface area contributed by atoms with Crippen molar-refractivity contribution in [3.05, 3.63) is 46.2 Å². The lowest BCUT2D eigenvalue weighted by atomic mass is 9.88. The van der Waals surface area contributed by atoms with Gasteiger partial charge in [-0.3, -0.25) is 14.6 Å². The van der Waals surface area contributed by atoms with Crippen molar-refractivity contribution in [3.8, 4) is 0 Å². The molecule has 2 fully saturated rings. The fourth-order valence-electron chi connectivity index (χ4n) is 5.64. The molecule has 2 aliphatic rings. The van der Waals surface area contributed by atoms with Crippen LogP contribution in [0.4, 0.5) is 11.6 Å². The van der Waals surface area contributed by atoms with E-state index in [9.17, 15) is 4.79 Å². The van der Waals surface area contributed by atoms with Gasteiger partial charge in [0.1, 0.15) is 0 Å². The third kappa shape index (κ3) is 5.45. The minimum absolute atomic E-state index is 0.0263. The highest BCUT2D eigenvalue weighted by Gasteiger charge is 2.37. The molecular formula is C27H40ClN7O. The highest BCUT2D eigenvalue weighted by atomic mass is 35.5. The Morgan fingerprint density at radius 2 is 1.81 bits per heavy atom. The second-order valence-corrected chi connectivity index (χ2v) is 11.0. The Morgan fingerprint density at radius 1 is 1.14 bits per heavy atom. The van der Waals surface area contributed by atoms with Gasteiger partial charge in [-0.1, -0.05) is 41.4 Å². The number of anilines is 2. The Bertz CT molecular complexity index is 1070. The van der Waals surface area contributed by atoms with E-state index in [1.54, 1.807) is 0 Å². The third-order valence-electron chi connectivity index (χ3n) is 7.88. The van der Waals surface area contributed by atoms with Gasteiger partial charge in [0.15, 0.2) is 22.5 Å². The van der Waals surface area contributed by atoms with E-state index in [1.807, 2.05) is 6.92 Å². The average Bonchev–Trinajstić information content (AvgIpc) is 2.85. The van der Waals surface area contributed by atoms with Gasteiger partial charge in [-0.05, 0) is 53.0 Å². The molecule has 3 heterocycles. The van der Waals surface area contributed by atoms with E-state index in [0.29, 0.717) is 24.4 Å². The fraction of sp³-hybridized carbons (Fsp3) is 0.593. The Morgan fingerprint density at radius 3 is 2.42 bits per heavy atom. The Balaban J connectivity index is 1.37. The molecule has 0 saturated carbocycles. The van der Waals surface area contributed by atoms with Crippen LogP contribution in [0.15, 0.2) is 24.3 Å². The zero-order chi connectivity index (χ0) is 26.0. The molecule has 2 aromatic rings. The van der Waals surface area contributed by atoms with E-state index in [1.165, 1.54) is 11.1 Å². The van der Waals surface area contributed by atoms with Gasteiger partial charge < -0.3 is 16.0 Å². The van der Waals surface area contributed by atoms with Crippen molar-refractivity contribution in [3.63, 3.8) is 0 Å². The summed E-state index contributed by atoms with van der Waals surface area (Å²) in [6.45, 7) is 16.1. The van der Waals surface area contributed by atoms with Crippen molar-refractivity contribution >= 4 is 29.1 Å². The number of hydrogen-bond acceptors (Lipinski definition) is 7. The van der Waals surface area contributed by atoms with Crippen molar-refractivity contribution < 1.29 is 4.79 Å². The van der Waals surface area contributed by atoms with Crippen LogP contribution in [-0.2, 0) is 5.54 Å². The summed E-state index contributed by atoms with van der Waals surface area (Å²) in [5.41, 5.74) is 8.86. The van der Waals surface area contributed by atoms with Crippen LogP contribution in [0.1, 0.15) is 62.2 Å². The summed E-state index contributed by atoms with van der Waals surface area (Å²) in [5.74, 6) is 0.313. The summed E-state index contributed by atoms with van der Waals surface area (Å²) in [6, 6.07) is 9.88. The maximum Gasteiger partial charge on any atom is 0.273 e. The number of nitrogens with zero attached hydrogens (tertiary/aromatic N) is 5. The van der Waals surface area contributed by atoms with Crippen molar-refractivity contribution in [1.82, 2.24) is 25.1 Å². The molecule has 1 aromatic heterocycles. The molecule has 9 heteroatoms. The van der Waals surface area contributed by atoms with Crippen LogP contribution >= 0.6 is 11.6 Å². The highest BCUT2D eigenvalue weighted by Crippen LogP contribution is 2.33. The molecule has 8 nitrogen and oxygen atoms in total. The number of nitrogens with two attached hydrogens (primary N) is 1. The maximum absolute atomic E-state index is 12.2. The molecule has 2 aliphatic heterocycles. The quantitative estimate of drug-likeness (QED) is 0.608. The van der Waals surface area contributed by atoms with Crippen LogP contribution < -0.4 is 16.0 Å². The first kappa shape index (κ1) is 26.6. The SMILES string of the molecule is CCNC(=O)c1nc(Cl)c(N2CCN(C3CCN(C(C)(C)c4ccc(C)cc4)CC3)[C@@H](C)C2)nc1N.